The zero-order chi connectivity index (χ0) is 105. The Morgan fingerprint density at radius 1 is 0.331 bits per heavy atom. The molecule has 9 amide bonds. The Morgan fingerprint density at radius 3 is 0.919 bits per heavy atom. The van der Waals surface area contributed by atoms with Crippen LogP contribution in [-0.4, -0.2) is 337 Å². The first-order chi connectivity index (χ1) is 70.0. The highest BCUT2D eigenvalue weighted by Crippen LogP contribution is 2.37. The Bertz CT molecular complexity index is 6250. The van der Waals surface area contributed by atoms with Gasteiger partial charge in [0.05, 0.1) is 55.5 Å². The number of nitrogens with two attached hydrogens (primary N) is 1. The lowest BCUT2D eigenvalue weighted by atomic mass is 9.97. The van der Waals surface area contributed by atoms with Gasteiger partial charge in [-0.2, -0.15) is 0 Å². The highest BCUT2D eigenvalue weighted by atomic mass is 16.6. The molecular weight excluding hydrogens is 1880 g/mol. The van der Waals surface area contributed by atoms with E-state index in [1.165, 1.54) is 17.6 Å². The van der Waals surface area contributed by atoms with Gasteiger partial charge in [0.15, 0.2) is 12.1 Å². The van der Waals surface area contributed by atoms with Gasteiger partial charge in [-0.3, -0.25) is 53.2 Å². The molecule has 33 heteroatoms. The first kappa shape index (κ1) is 109. The lowest BCUT2D eigenvalue weighted by molar-refractivity contribution is -0.128. The van der Waals surface area contributed by atoms with Crippen molar-refractivity contribution in [2.45, 2.75) is 187 Å². The topological polar surface area (TPSA) is 365 Å². The molecule has 33 nitrogen and oxygen atoms in total. The van der Waals surface area contributed by atoms with Crippen LogP contribution >= 0.6 is 0 Å². The number of hydrogen-bond donors (Lipinski definition) is 3. The van der Waals surface area contributed by atoms with Crippen molar-refractivity contribution in [3.05, 3.63) is 297 Å². The fraction of sp³-hybridized carbons (Fsp3) is 0.417. The molecule has 13 aliphatic rings. The number of aromatic carboxylic acids is 1. The SMILES string of the molecule is C.CC(C)(C)OC(=O)N1CC(=O)C1.CC(C)(C)OC(=O)N1CC(N)C1.CC(C)(C)OC(=O)N1CC(N2CC(N3Cc4ccccc4C3=O)C2)C1.CC(C)(C)OC(=O)N1CC(N2Cc3ccccc3C2=O)C1.COC(=O)c1ccccc1C=O.O=C(O)c1ccc(-c2ccccc2)cc1.O=C(c1ccc(-c2ccccc2)cc1)N1CC(N2CC(N3Cc4ccccc4C3=O)C2)C1.O=C1c2ccccc2CN1C1CN(C2CNC2)C1. The van der Waals surface area contributed by atoms with Gasteiger partial charge in [0.25, 0.3) is 29.5 Å². The Kier molecular flexibility index (Phi) is 34.8. The average molecular weight is 2020 g/mol. The van der Waals surface area contributed by atoms with Crippen LogP contribution in [0.2, 0.25) is 0 Å². The Labute approximate surface area is 866 Å². The predicted octanol–water partition coefficient (Wildman–Crippen LogP) is 14.4. The van der Waals surface area contributed by atoms with E-state index in [0.29, 0.717) is 79.9 Å². The first-order valence-electron chi connectivity index (χ1n) is 50.1. The summed E-state index contributed by atoms with van der Waals surface area (Å²) in [4.78, 5) is 175. The largest absolute Gasteiger partial charge is 0.478 e. The third-order valence-corrected chi connectivity index (χ3v) is 27.2. The number of carboxylic acids is 1. The summed E-state index contributed by atoms with van der Waals surface area (Å²) in [7, 11) is 1.28. The molecule has 0 aliphatic carbocycles. The van der Waals surface area contributed by atoms with Crippen molar-refractivity contribution in [2.75, 3.05) is 125 Å². The number of nitrogens with one attached hydrogen (secondary N) is 1. The van der Waals surface area contributed by atoms with E-state index in [0.717, 1.165) is 165 Å². The number of carboxylic acid groups (broad SMARTS) is 1. The summed E-state index contributed by atoms with van der Waals surface area (Å²) in [6.07, 6.45) is -0.563. The lowest BCUT2D eigenvalue weighted by Gasteiger charge is -2.53. The predicted molar refractivity (Wildman–Crippen MR) is 560 cm³/mol. The number of amides is 9. The van der Waals surface area contributed by atoms with Crippen LogP contribution in [0.25, 0.3) is 22.3 Å². The molecular formula is C115H138N14O19. The normalized spacial score (nSPS) is 18.1. The maximum atomic E-state index is 12.8. The third-order valence-electron chi connectivity index (χ3n) is 27.2. The Hall–Kier alpha value is -14.5. The summed E-state index contributed by atoms with van der Waals surface area (Å²) < 4.78 is 25.3. The van der Waals surface area contributed by atoms with Crippen LogP contribution in [0.15, 0.2) is 231 Å². The van der Waals surface area contributed by atoms with Crippen molar-refractivity contribution >= 4 is 77.9 Å². The van der Waals surface area contributed by atoms with Crippen LogP contribution in [0.4, 0.5) is 19.2 Å². The van der Waals surface area contributed by atoms with Gasteiger partial charge in [0.2, 0.25) is 0 Å². The summed E-state index contributed by atoms with van der Waals surface area (Å²) in [6.45, 7) is 38.7. The van der Waals surface area contributed by atoms with Gasteiger partial charge >= 0.3 is 36.3 Å². The second kappa shape index (κ2) is 47.1. The number of nitrogens with zero attached hydrogens (tertiary/aromatic N) is 12. The molecule has 9 aromatic carbocycles. The maximum Gasteiger partial charge on any atom is 0.411 e. The van der Waals surface area contributed by atoms with E-state index in [2.05, 4.69) is 43.0 Å². The molecule has 4 N–H and O–H groups in total. The van der Waals surface area contributed by atoms with Crippen LogP contribution in [0.5, 0.6) is 0 Å². The monoisotopic (exact) mass is 2020 g/mol. The van der Waals surface area contributed by atoms with Gasteiger partial charge in [-0.1, -0.05) is 183 Å². The number of fused-ring (bicyclic) bond motifs is 4. The highest BCUT2D eigenvalue weighted by molar-refractivity contribution is 6.02. The molecule has 0 unspecified atom stereocenters. The minimum Gasteiger partial charge on any atom is -0.478 e. The minimum atomic E-state index is -0.894. The number of hydrogen-bond acceptors (Lipinski definition) is 23. The van der Waals surface area contributed by atoms with Crippen LogP contribution < -0.4 is 11.1 Å². The van der Waals surface area contributed by atoms with E-state index in [1.54, 1.807) is 71.9 Å². The van der Waals surface area contributed by atoms with Crippen LogP contribution in [0, 0.1) is 0 Å². The number of carbonyl (C=O) groups excluding carboxylic acids is 12. The Morgan fingerprint density at radius 2 is 0.615 bits per heavy atom. The second-order valence-corrected chi connectivity index (χ2v) is 42.8. The van der Waals surface area contributed by atoms with Gasteiger partial charge in [0, 0.05) is 188 Å². The number of benzene rings is 9. The molecule has 0 bridgehead atoms. The lowest BCUT2D eigenvalue weighted by Crippen LogP contribution is -2.70. The number of carbonyl (C=O) groups is 13. The number of likely N-dealkylation sites (tertiary alicyclic amines) is 8. The molecule has 13 aliphatic heterocycles. The smallest absolute Gasteiger partial charge is 0.411 e. The number of rotatable bonds is 13. The molecule has 9 fully saturated rings. The number of ketones is 1. The third kappa shape index (κ3) is 27.3. The molecule has 9 aromatic rings. The number of esters is 1. The Balaban J connectivity index is 0.000000137. The number of Topliss-reactive ketones (excluding diaryl/α,β-unsaturated/α-hetero) is 1. The minimum absolute atomic E-state index is 0. The van der Waals surface area contributed by atoms with Crippen molar-refractivity contribution in [2.24, 2.45) is 5.73 Å². The molecule has 13 heterocycles. The zero-order valence-electron chi connectivity index (χ0n) is 85.9. The molecule has 782 valence electrons. The molecule has 22 rings (SSSR count). The highest BCUT2D eigenvalue weighted by Gasteiger charge is 2.50. The van der Waals surface area contributed by atoms with Crippen molar-refractivity contribution < 1.29 is 91.1 Å². The van der Waals surface area contributed by atoms with Crippen molar-refractivity contribution in [1.82, 2.24) is 64.1 Å². The van der Waals surface area contributed by atoms with Gasteiger partial charge in [0.1, 0.15) is 22.4 Å². The van der Waals surface area contributed by atoms with E-state index in [1.807, 2.05) is 263 Å². The molecule has 0 aromatic heterocycles. The van der Waals surface area contributed by atoms with Gasteiger partial charge in [-0.05, 0) is 182 Å². The maximum absolute atomic E-state index is 12.8. The number of aldehydes is 1. The zero-order valence-corrected chi connectivity index (χ0v) is 85.9. The van der Waals surface area contributed by atoms with Gasteiger partial charge < -0.3 is 79.0 Å². The summed E-state index contributed by atoms with van der Waals surface area (Å²) in [6, 6.07) is 75.5. The van der Waals surface area contributed by atoms with Crippen molar-refractivity contribution in [1.29, 1.82) is 0 Å². The van der Waals surface area contributed by atoms with E-state index < -0.39 is 40.4 Å². The molecule has 148 heavy (non-hydrogen) atoms. The molecule has 0 radical (unpaired) electrons. The van der Waals surface area contributed by atoms with Gasteiger partial charge in [-0.15, -0.1) is 0 Å². The quantitative estimate of drug-likeness (QED) is 0.0548. The fourth-order valence-electron chi connectivity index (χ4n) is 18.7. The molecule has 9 saturated heterocycles. The van der Waals surface area contributed by atoms with Crippen LogP contribution in [0.3, 0.4) is 0 Å². The second-order valence-electron chi connectivity index (χ2n) is 42.8. The van der Waals surface area contributed by atoms with E-state index in [4.69, 9.17) is 29.8 Å². The van der Waals surface area contributed by atoms with E-state index in [9.17, 15) is 62.3 Å². The average Bonchev–Trinajstić information content (AvgIpc) is 1.47. The number of methoxy groups -OCH3 is 1. The van der Waals surface area contributed by atoms with Crippen molar-refractivity contribution in [3.63, 3.8) is 0 Å². The molecule has 0 atom stereocenters. The standard InChI is InChI=1S/C27H25N3O2.C19H25N3O3.C16H20N2O3.C14H17N3O.C13H10O2.C9H8O3.C8H16N2O2.C8H13NO3.CH4/c31-26(21-12-10-20(11-13-21)19-6-2-1-3-7-19)29-15-23(16-29)28-17-24(18-28)30-14-22-8-4-5-9-25(22)27(30)32;1-19(2,3)25-18(24)21-9-14(10-21)20-11-15(12-20)22-8-13-6-4-5-7-16(13)17(22)23;1-16(2,3)21-15(20)17-9-12(10-17)18-8-11-6-4-5-7-13(11)14(18)19;18-14-13-4-2-1-3-10(13)7-17(14)12-8-16(9-12)11-5-15-6-11;14-13(15)12-8-6-11(7-9-12)10-4-2-1-3-5-10;1-12-9(11)8-5-3-2-4-7(8)6-10;1-8(2,3)12-7(11)10-4-6(9)5-10;1-8(2,3)12-7(11)9-4-6(10)5-9;/h1-13,23-24H,14-18H2;4-7,14-15H,8-12H2,1-3H3;4-7,12H,8-10H2,1-3H3;1-4,11-12,15H,5-9H2;1-9H,(H,14,15);2-6H,1H3;6H,4-5,9H2,1-3H3;4-5H2,1-3H3;1H4. The molecule has 0 saturated carbocycles. The van der Waals surface area contributed by atoms with E-state index in [-0.39, 0.29) is 98.3 Å². The summed E-state index contributed by atoms with van der Waals surface area (Å²) >= 11 is 0. The fourth-order valence-corrected chi connectivity index (χ4v) is 18.7. The van der Waals surface area contributed by atoms with Crippen LogP contribution in [0.1, 0.15) is 196 Å². The first-order valence-corrected chi connectivity index (χ1v) is 50.1. The summed E-state index contributed by atoms with van der Waals surface area (Å²) in [5.74, 6) is -0.587. The summed E-state index contributed by atoms with van der Waals surface area (Å²) in [5, 5.41) is 12.0. The van der Waals surface area contributed by atoms with Gasteiger partial charge in [-0.25, -0.2) is 28.8 Å². The molecule has 0 spiro atoms. The summed E-state index contributed by atoms with van der Waals surface area (Å²) in [5.41, 5.74) is 17.7. The van der Waals surface area contributed by atoms with Crippen LogP contribution in [-0.2, 0) is 54.7 Å². The number of ether oxygens (including phenoxy) is 5. The van der Waals surface area contributed by atoms with Crippen molar-refractivity contribution in [3.8, 4) is 22.3 Å². The van der Waals surface area contributed by atoms with E-state index >= 15 is 0 Å².